The molecule has 1 atom stereocenters. The van der Waals surface area contributed by atoms with E-state index in [1.165, 1.54) is 5.56 Å². The first kappa shape index (κ1) is 18.3. The Balaban J connectivity index is 1.51. The molecule has 6 heteroatoms. The van der Waals surface area contributed by atoms with Gasteiger partial charge in [0.25, 0.3) is 0 Å². The first-order chi connectivity index (χ1) is 12.7. The minimum absolute atomic E-state index is 0.155. The van der Waals surface area contributed by atoms with Crippen LogP contribution in [0.3, 0.4) is 0 Å². The smallest absolute Gasteiger partial charge is 0.410 e. The topological polar surface area (TPSA) is 61.9 Å². The summed E-state index contributed by atoms with van der Waals surface area (Å²) in [6.07, 6.45) is 0.572. The summed E-state index contributed by atoms with van der Waals surface area (Å²) in [5.74, 6) is 0.155. The van der Waals surface area contributed by atoms with E-state index in [4.69, 9.17) is 4.74 Å². The number of nitrogens with one attached hydrogen (secondary N) is 1. The van der Waals surface area contributed by atoms with Gasteiger partial charge in [0.05, 0.1) is 5.41 Å². The van der Waals surface area contributed by atoms with Crippen molar-refractivity contribution in [2.24, 2.45) is 10.8 Å². The van der Waals surface area contributed by atoms with E-state index in [9.17, 15) is 9.59 Å². The number of hydrogen-bond donors (Lipinski definition) is 1. The number of likely N-dealkylation sites (tertiary alicyclic amines) is 2. The summed E-state index contributed by atoms with van der Waals surface area (Å²) in [4.78, 5) is 29.4. The number of carbonyl (C=O) groups is 2. The molecule has 2 spiro atoms. The molecular formula is C21H29N3O3. The second kappa shape index (κ2) is 6.23. The van der Waals surface area contributed by atoms with Crippen molar-refractivity contribution in [1.29, 1.82) is 0 Å². The van der Waals surface area contributed by atoms with Gasteiger partial charge in [0, 0.05) is 44.7 Å². The monoisotopic (exact) mass is 371 g/mol. The first-order valence-electron chi connectivity index (χ1n) is 9.76. The number of carbonyl (C=O) groups excluding carboxylic acids is 2. The minimum atomic E-state index is -0.503. The van der Waals surface area contributed by atoms with E-state index in [0.29, 0.717) is 13.1 Å². The van der Waals surface area contributed by atoms with E-state index < -0.39 is 5.60 Å². The number of ether oxygens (including phenoxy) is 1. The van der Waals surface area contributed by atoms with Crippen molar-refractivity contribution in [3.05, 3.63) is 35.9 Å². The standard InChI is InChI=1S/C21H29N3O3/c1-19(2,3)27-18(26)24-13-20(14-24)12-23(11-16-7-5-4-6-8-16)15-21(20)9-10-22-17(21)25/h4-8H,9-15H2,1-3H3,(H,22,25)/t21-/m1/s1. The van der Waals surface area contributed by atoms with Crippen LogP contribution in [-0.2, 0) is 16.1 Å². The van der Waals surface area contributed by atoms with Crippen LogP contribution >= 0.6 is 0 Å². The van der Waals surface area contributed by atoms with E-state index in [2.05, 4.69) is 22.3 Å². The van der Waals surface area contributed by atoms with Crippen LogP contribution in [0.5, 0.6) is 0 Å². The number of fused-ring (bicyclic) bond motifs is 1. The Bertz CT molecular complexity index is 737. The van der Waals surface area contributed by atoms with Gasteiger partial charge in [0.2, 0.25) is 5.91 Å². The molecule has 27 heavy (non-hydrogen) atoms. The Morgan fingerprint density at radius 1 is 1.15 bits per heavy atom. The number of nitrogens with zero attached hydrogens (tertiary/aromatic N) is 2. The van der Waals surface area contributed by atoms with Crippen LogP contribution in [0.2, 0.25) is 0 Å². The molecule has 146 valence electrons. The fourth-order valence-electron chi connectivity index (χ4n) is 5.01. The number of amides is 2. The maximum atomic E-state index is 12.8. The Labute approximate surface area is 160 Å². The number of rotatable bonds is 2. The van der Waals surface area contributed by atoms with Gasteiger partial charge in [0.15, 0.2) is 0 Å². The predicted molar refractivity (Wildman–Crippen MR) is 102 cm³/mol. The van der Waals surface area contributed by atoms with Gasteiger partial charge in [-0.3, -0.25) is 9.69 Å². The highest BCUT2D eigenvalue weighted by Crippen LogP contribution is 2.56. The number of benzene rings is 1. The molecule has 3 fully saturated rings. The van der Waals surface area contributed by atoms with Crippen LogP contribution < -0.4 is 5.32 Å². The molecule has 4 rings (SSSR count). The molecule has 1 N–H and O–H groups in total. The predicted octanol–water partition coefficient (Wildman–Crippen LogP) is 2.25. The van der Waals surface area contributed by atoms with E-state index in [1.54, 1.807) is 4.90 Å². The molecule has 0 saturated carbocycles. The summed E-state index contributed by atoms with van der Waals surface area (Å²) >= 11 is 0. The Kier molecular flexibility index (Phi) is 4.22. The van der Waals surface area contributed by atoms with Crippen molar-refractivity contribution in [2.75, 3.05) is 32.7 Å². The molecule has 6 nitrogen and oxygen atoms in total. The highest BCUT2D eigenvalue weighted by atomic mass is 16.6. The summed E-state index contributed by atoms with van der Waals surface area (Å²) in [6, 6.07) is 10.4. The lowest BCUT2D eigenvalue weighted by molar-refractivity contribution is -0.140. The van der Waals surface area contributed by atoms with Gasteiger partial charge < -0.3 is 15.0 Å². The minimum Gasteiger partial charge on any atom is -0.444 e. The van der Waals surface area contributed by atoms with Crippen molar-refractivity contribution in [3.63, 3.8) is 0 Å². The Morgan fingerprint density at radius 3 is 2.44 bits per heavy atom. The molecule has 2 amide bonds. The van der Waals surface area contributed by atoms with Crippen molar-refractivity contribution in [1.82, 2.24) is 15.1 Å². The molecule has 0 bridgehead atoms. The van der Waals surface area contributed by atoms with Gasteiger partial charge in [0.1, 0.15) is 5.60 Å². The van der Waals surface area contributed by atoms with E-state index in [0.717, 1.165) is 32.6 Å². The molecule has 1 aromatic rings. The lowest BCUT2D eigenvalue weighted by Crippen LogP contribution is -2.67. The highest BCUT2D eigenvalue weighted by Gasteiger charge is 2.68. The quantitative estimate of drug-likeness (QED) is 0.866. The van der Waals surface area contributed by atoms with Crippen molar-refractivity contribution >= 4 is 12.0 Å². The number of hydrogen-bond acceptors (Lipinski definition) is 4. The van der Waals surface area contributed by atoms with Crippen LogP contribution in [0.1, 0.15) is 32.8 Å². The fraction of sp³-hybridized carbons (Fsp3) is 0.619. The molecular weight excluding hydrogens is 342 g/mol. The Morgan fingerprint density at radius 2 is 1.85 bits per heavy atom. The lowest BCUT2D eigenvalue weighted by atomic mass is 9.60. The summed E-state index contributed by atoms with van der Waals surface area (Å²) in [6.45, 7) is 10.00. The summed E-state index contributed by atoms with van der Waals surface area (Å²) in [7, 11) is 0. The molecule has 0 unspecified atom stereocenters. The SMILES string of the molecule is CC(C)(C)OC(=O)N1CC2(CN(Cc3ccccc3)C[C@@]23CCNC3=O)C1. The third kappa shape index (κ3) is 3.10. The summed E-state index contributed by atoms with van der Waals surface area (Å²) < 4.78 is 5.52. The van der Waals surface area contributed by atoms with Crippen LogP contribution in [0.4, 0.5) is 4.79 Å². The zero-order chi connectivity index (χ0) is 19.3. The molecule has 0 radical (unpaired) electrons. The fourth-order valence-corrected chi connectivity index (χ4v) is 5.01. The van der Waals surface area contributed by atoms with Crippen molar-refractivity contribution in [2.45, 2.75) is 39.3 Å². The second-order valence-electron chi connectivity index (χ2n) is 9.34. The normalized spacial score (nSPS) is 27.1. The van der Waals surface area contributed by atoms with Gasteiger partial charge in [-0.2, -0.15) is 0 Å². The molecule has 3 aliphatic rings. The molecule has 0 aromatic heterocycles. The van der Waals surface area contributed by atoms with Gasteiger partial charge in [-0.05, 0) is 32.8 Å². The average Bonchev–Trinajstić information content (AvgIpc) is 3.07. The molecule has 3 saturated heterocycles. The molecule has 3 aliphatic heterocycles. The summed E-state index contributed by atoms with van der Waals surface area (Å²) in [5, 5.41) is 3.04. The van der Waals surface area contributed by atoms with Gasteiger partial charge in [-0.25, -0.2) is 4.79 Å². The largest absolute Gasteiger partial charge is 0.444 e. The van der Waals surface area contributed by atoms with Crippen LogP contribution in [-0.4, -0.2) is 60.1 Å². The van der Waals surface area contributed by atoms with Crippen LogP contribution in [0.15, 0.2) is 30.3 Å². The molecule has 3 heterocycles. The van der Waals surface area contributed by atoms with Crippen LogP contribution in [0, 0.1) is 10.8 Å². The molecule has 1 aromatic carbocycles. The molecule has 0 aliphatic carbocycles. The third-order valence-electron chi connectivity index (χ3n) is 6.19. The zero-order valence-electron chi connectivity index (χ0n) is 16.5. The third-order valence-corrected chi connectivity index (χ3v) is 6.19. The maximum absolute atomic E-state index is 12.8. The van der Waals surface area contributed by atoms with Crippen LogP contribution in [0.25, 0.3) is 0 Å². The van der Waals surface area contributed by atoms with E-state index >= 15 is 0 Å². The Hall–Kier alpha value is -2.08. The lowest BCUT2D eigenvalue weighted by Gasteiger charge is -2.54. The zero-order valence-corrected chi connectivity index (χ0v) is 16.5. The van der Waals surface area contributed by atoms with Gasteiger partial charge in [-0.1, -0.05) is 30.3 Å². The van der Waals surface area contributed by atoms with Crippen molar-refractivity contribution in [3.8, 4) is 0 Å². The van der Waals surface area contributed by atoms with E-state index in [-0.39, 0.29) is 22.8 Å². The van der Waals surface area contributed by atoms with Gasteiger partial charge >= 0.3 is 6.09 Å². The van der Waals surface area contributed by atoms with Gasteiger partial charge in [-0.15, -0.1) is 0 Å². The maximum Gasteiger partial charge on any atom is 0.410 e. The highest BCUT2D eigenvalue weighted by molar-refractivity contribution is 5.87. The second-order valence-corrected chi connectivity index (χ2v) is 9.34. The van der Waals surface area contributed by atoms with Crippen molar-refractivity contribution < 1.29 is 14.3 Å². The first-order valence-corrected chi connectivity index (χ1v) is 9.76. The average molecular weight is 371 g/mol. The summed E-state index contributed by atoms with van der Waals surface area (Å²) in [5.41, 5.74) is 0.197. The van der Waals surface area contributed by atoms with E-state index in [1.807, 2.05) is 39.0 Å².